The Labute approximate surface area is 118 Å². The van der Waals surface area contributed by atoms with Crippen LogP contribution in [0.2, 0.25) is 0 Å². The molecule has 6 heteroatoms. The van der Waals surface area contributed by atoms with Crippen molar-refractivity contribution in [3.63, 3.8) is 0 Å². The average molecular weight is 279 g/mol. The minimum Gasteiger partial charge on any atom is -0.377 e. The third kappa shape index (κ3) is 4.53. The smallest absolute Gasteiger partial charge is 0.293 e. The van der Waals surface area contributed by atoms with Crippen molar-refractivity contribution in [1.29, 1.82) is 0 Å². The van der Waals surface area contributed by atoms with Gasteiger partial charge in [-0.25, -0.2) is 0 Å². The number of carbonyl (C=O) groups is 1. The Balaban J connectivity index is 2.89. The molecular formula is C14H21N3O3. The van der Waals surface area contributed by atoms with Crippen LogP contribution in [0.4, 0.5) is 11.4 Å². The number of anilines is 1. The second-order valence-electron chi connectivity index (χ2n) is 5.37. The van der Waals surface area contributed by atoms with Crippen molar-refractivity contribution in [3.8, 4) is 0 Å². The van der Waals surface area contributed by atoms with Crippen molar-refractivity contribution in [3.05, 3.63) is 33.9 Å². The van der Waals surface area contributed by atoms with E-state index in [4.69, 9.17) is 5.73 Å². The molecular weight excluding hydrogens is 258 g/mol. The number of nitro benzene ring substituents is 1. The average Bonchev–Trinajstić information content (AvgIpc) is 2.36. The van der Waals surface area contributed by atoms with E-state index in [-0.39, 0.29) is 17.3 Å². The molecule has 1 rings (SSSR count). The molecule has 0 aromatic heterocycles. The number of primary amides is 1. The summed E-state index contributed by atoms with van der Waals surface area (Å²) in [6.07, 6.45) is 1.97. The summed E-state index contributed by atoms with van der Waals surface area (Å²) in [6, 6.07) is 4.35. The fourth-order valence-electron chi connectivity index (χ4n) is 1.88. The highest BCUT2D eigenvalue weighted by atomic mass is 16.6. The number of hydrogen-bond donors (Lipinski definition) is 2. The Bertz CT molecular complexity index is 500. The number of carbonyl (C=O) groups excluding carboxylic acids is 1. The van der Waals surface area contributed by atoms with Crippen molar-refractivity contribution in [2.45, 2.75) is 39.7 Å². The van der Waals surface area contributed by atoms with Gasteiger partial charge in [-0.3, -0.25) is 14.9 Å². The summed E-state index contributed by atoms with van der Waals surface area (Å²) < 4.78 is 0. The highest BCUT2D eigenvalue weighted by molar-refractivity contribution is 5.94. The predicted octanol–water partition coefficient (Wildman–Crippen LogP) is 2.93. The molecule has 6 nitrogen and oxygen atoms in total. The van der Waals surface area contributed by atoms with Gasteiger partial charge in [-0.05, 0) is 37.8 Å². The minimum absolute atomic E-state index is 0.121. The molecule has 0 aliphatic carbocycles. The van der Waals surface area contributed by atoms with Crippen molar-refractivity contribution >= 4 is 17.3 Å². The quantitative estimate of drug-likeness (QED) is 0.592. The first-order valence-corrected chi connectivity index (χ1v) is 6.66. The molecule has 0 fully saturated rings. The zero-order chi connectivity index (χ0) is 15.3. The van der Waals surface area contributed by atoms with E-state index in [2.05, 4.69) is 19.2 Å². The van der Waals surface area contributed by atoms with Gasteiger partial charge in [-0.2, -0.15) is 0 Å². The maximum atomic E-state index is 11.1. The molecule has 0 spiro atoms. The zero-order valence-electron chi connectivity index (χ0n) is 12.1. The number of rotatable bonds is 7. The molecule has 1 atom stereocenters. The molecule has 1 aromatic carbocycles. The first-order valence-electron chi connectivity index (χ1n) is 6.66. The van der Waals surface area contributed by atoms with Crippen LogP contribution in [0.5, 0.6) is 0 Å². The molecule has 0 saturated carbocycles. The fraction of sp³-hybridized carbons (Fsp3) is 0.500. The van der Waals surface area contributed by atoms with Crippen LogP contribution >= 0.6 is 0 Å². The lowest BCUT2D eigenvalue weighted by atomic mass is 10.0. The van der Waals surface area contributed by atoms with E-state index in [0.717, 1.165) is 12.8 Å². The molecule has 0 radical (unpaired) electrons. The summed E-state index contributed by atoms with van der Waals surface area (Å²) >= 11 is 0. The largest absolute Gasteiger partial charge is 0.377 e. The standard InChI is InChI=1S/C14H21N3O3/c1-9(2)4-5-10(3)16-12-7-6-11(14(15)18)8-13(12)17(19)20/h6-10,16H,4-5H2,1-3H3,(H2,15,18). The molecule has 0 saturated heterocycles. The maximum Gasteiger partial charge on any atom is 0.293 e. The lowest BCUT2D eigenvalue weighted by Gasteiger charge is -2.16. The minimum atomic E-state index is -0.674. The van der Waals surface area contributed by atoms with E-state index >= 15 is 0 Å². The summed E-state index contributed by atoms with van der Waals surface area (Å²) in [7, 11) is 0. The number of hydrogen-bond acceptors (Lipinski definition) is 4. The normalized spacial score (nSPS) is 12.2. The molecule has 0 bridgehead atoms. The van der Waals surface area contributed by atoms with Crippen LogP contribution in [-0.4, -0.2) is 16.9 Å². The van der Waals surface area contributed by atoms with Gasteiger partial charge in [0.15, 0.2) is 0 Å². The van der Waals surface area contributed by atoms with Gasteiger partial charge >= 0.3 is 0 Å². The molecule has 1 amide bonds. The number of amides is 1. The highest BCUT2D eigenvalue weighted by Gasteiger charge is 2.17. The zero-order valence-corrected chi connectivity index (χ0v) is 12.1. The van der Waals surface area contributed by atoms with Crippen LogP contribution in [0.15, 0.2) is 18.2 Å². The van der Waals surface area contributed by atoms with E-state index in [9.17, 15) is 14.9 Å². The number of nitro groups is 1. The summed E-state index contributed by atoms with van der Waals surface area (Å²) in [5.41, 5.74) is 5.56. The molecule has 1 aromatic rings. The van der Waals surface area contributed by atoms with Gasteiger partial charge in [0.1, 0.15) is 5.69 Å². The molecule has 0 aliphatic heterocycles. The number of nitrogens with zero attached hydrogens (tertiary/aromatic N) is 1. The summed E-state index contributed by atoms with van der Waals surface area (Å²) in [4.78, 5) is 21.6. The summed E-state index contributed by atoms with van der Waals surface area (Å²) in [6.45, 7) is 6.25. The van der Waals surface area contributed by atoms with Crippen LogP contribution in [0.25, 0.3) is 0 Å². The maximum absolute atomic E-state index is 11.1. The topological polar surface area (TPSA) is 98.3 Å². The van der Waals surface area contributed by atoms with Crippen molar-refractivity contribution in [1.82, 2.24) is 0 Å². The van der Waals surface area contributed by atoms with Crippen LogP contribution in [0.3, 0.4) is 0 Å². The van der Waals surface area contributed by atoms with Crippen molar-refractivity contribution in [2.24, 2.45) is 11.7 Å². The highest BCUT2D eigenvalue weighted by Crippen LogP contribution is 2.26. The Morgan fingerprint density at radius 1 is 1.35 bits per heavy atom. The van der Waals surface area contributed by atoms with Crippen LogP contribution < -0.4 is 11.1 Å². The van der Waals surface area contributed by atoms with E-state index < -0.39 is 10.8 Å². The lowest BCUT2D eigenvalue weighted by molar-refractivity contribution is -0.384. The van der Waals surface area contributed by atoms with Gasteiger partial charge in [0, 0.05) is 17.7 Å². The Morgan fingerprint density at radius 2 is 2.00 bits per heavy atom. The third-order valence-corrected chi connectivity index (χ3v) is 3.06. The van der Waals surface area contributed by atoms with Gasteiger partial charge in [0.05, 0.1) is 4.92 Å². The second kappa shape index (κ2) is 6.88. The third-order valence-electron chi connectivity index (χ3n) is 3.06. The number of nitrogens with two attached hydrogens (primary N) is 1. The molecule has 3 N–H and O–H groups in total. The van der Waals surface area contributed by atoms with Crippen LogP contribution in [0, 0.1) is 16.0 Å². The Kier molecular flexibility index (Phi) is 5.49. The van der Waals surface area contributed by atoms with Crippen LogP contribution in [0.1, 0.15) is 44.0 Å². The van der Waals surface area contributed by atoms with Gasteiger partial charge in [0.2, 0.25) is 5.91 Å². The summed E-state index contributed by atoms with van der Waals surface area (Å²) in [5, 5.41) is 14.2. The van der Waals surface area contributed by atoms with E-state index in [1.807, 2.05) is 6.92 Å². The van der Waals surface area contributed by atoms with E-state index in [1.165, 1.54) is 18.2 Å². The SMILES string of the molecule is CC(C)CCC(C)Nc1ccc(C(N)=O)cc1[N+](=O)[O-]. The van der Waals surface area contributed by atoms with E-state index in [0.29, 0.717) is 11.6 Å². The summed E-state index contributed by atoms with van der Waals surface area (Å²) in [5.74, 6) is -0.0843. The fourth-order valence-corrected chi connectivity index (χ4v) is 1.88. The molecule has 0 aliphatic rings. The lowest BCUT2D eigenvalue weighted by Crippen LogP contribution is -2.17. The van der Waals surface area contributed by atoms with Gasteiger partial charge < -0.3 is 11.1 Å². The first-order chi connectivity index (χ1) is 9.31. The monoisotopic (exact) mass is 279 g/mol. The van der Waals surface area contributed by atoms with Crippen molar-refractivity contribution in [2.75, 3.05) is 5.32 Å². The molecule has 110 valence electrons. The Hall–Kier alpha value is -2.11. The molecule has 20 heavy (non-hydrogen) atoms. The molecule has 0 heterocycles. The Morgan fingerprint density at radius 3 is 2.50 bits per heavy atom. The van der Waals surface area contributed by atoms with Crippen LogP contribution in [-0.2, 0) is 0 Å². The second-order valence-corrected chi connectivity index (χ2v) is 5.37. The predicted molar refractivity (Wildman–Crippen MR) is 78.8 cm³/mol. The number of nitrogens with one attached hydrogen (secondary N) is 1. The molecule has 1 unspecified atom stereocenters. The number of benzene rings is 1. The van der Waals surface area contributed by atoms with Gasteiger partial charge in [0.25, 0.3) is 5.69 Å². The van der Waals surface area contributed by atoms with E-state index in [1.54, 1.807) is 0 Å². The van der Waals surface area contributed by atoms with Gasteiger partial charge in [-0.15, -0.1) is 0 Å². The van der Waals surface area contributed by atoms with Crippen molar-refractivity contribution < 1.29 is 9.72 Å². The first kappa shape index (κ1) is 15.9. The van der Waals surface area contributed by atoms with Gasteiger partial charge in [-0.1, -0.05) is 13.8 Å².